The Labute approximate surface area is 179 Å². The predicted octanol–water partition coefficient (Wildman–Crippen LogP) is 4.46. The van der Waals surface area contributed by atoms with Crippen molar-refractivity contribution in [2.45, 2.75) is 32.6 Å². The normalized spacial score (nSPS) is 14.4. The molecule has 0 bridgehead atoms. The Morgan fingerprint density at radius 3 is 2.72 bits per heavy atom. The Morgan fingerprint density at radius 1 is 1.14 bits per heavy atom. The summed E-state index contributed by atoms with van der Waals surface area (Å²) >= 11 is 3.45. The number of carbonyl (C=O) groups is 1. The largest absolute Gasteiger partial charge is 0.466 e. The van der Waals surface area contributed by atoms with Gasteiger partial charge in [0.05, 0.1) is 18.0 Å². The fourth-order valence-corrected chi connectivity index (χ4v) is 5.35. The molecule has 0 atom stereocenters. The third-order valence-electron chi connectivity index (χ3n) is 5.09. The molecule has 4 rings (SSSR count). The lowest BCUT2D eigenvalue weighted by Gasteiger charge is -2.10. The SMILES string of the molecule is CCOC(=O)CCc1ccc(-c2csc(-c3nc4c(s3)CCN(C)CC4)n2)cc1. The molecule has 1 aromatic carbocycles. The molecule has 1 aliphatic rings. The van der Waals surface area contributed by atoms with Crippen LogP contribution < -0.4 is 0 Å². The van der Waals surface area contributed by atoms with Gasteiger partial charge >= 0.3 is 5.97 Å². The summed E-state index contributed by atoms with van der Waals surface area (Å²) < 4.78 is 4.99. The first-order valence-electron chi connectivity index (χ1n) is 10.0. The lowest BCUT2D eigenvalue weighted by Crippen LogP contribution is -2.20. The van der Waals surface area contributed by atoms with E-state index in [4.69, 9.17) is 14.7 Å². The first-order chi connectivity index (χ1) is 14.1. The lowest BCUT2D eigenvalue weighted by atomic mass is 10.1. The second-order valence-electron chi connectivity index (χ2n) is 7.23. The van der Waals surface area contributed by atoms with Gasteiger partial charge in [-0.3, -0.25) is 4.79 Å². The molecule has 0 saturated heterocycles. The number of fused-ring (bicyclic) bond motifs is 1. The maximum Gasteiger partial charge on any atom is 0.306 e. The molecule has 0 fully saturated rings. The van der Waals surface area contributed by atoms with Crippen LogP contribution in [0.3, 0.4) is 0 Å². The highest BCUT2D eigenvalue weighted by molar-refractivity contribution is 7.20. The van der Waals surface area contributed by atoms with Crippen molar-refractivity contribution in [3.63, 3.8) is 0 Å². The maximum absolute atomic E-state index is 11.5. The fraction of sp³-hybridized carbons (Fsp3) is 0.409. The highest BCUT2D eigenvalue weighted by Crippen LogP contribution is 2.34. The smallest absolute Gasteiger partial charge is 0.306 e. The van der Waals surface area contributed by atoms with Crippen LogP contribution in [0.25, 0.3) is 21.3 Å². The number of benzene rings is 1. The van der Waals surface area contributed by atoms with Gasteiger partial charge in [-0.05, 0) is 32.4 Å². The number of nitrogens with zero attached hydrogens (tertiary/aromatic N) is 3. The van der Waals surface area contributed by atoms with E-state index < -0.39 is 0 Å². The molecule has 0 aliphatic carbocycles. The molecule has 29 heavy (non-hydrogen) atoms. The summed E-state index contributed by atoms with van der Waals surface area (Å²) in [4.78, 5) is 25.0. The van der Waals surface area contributed by atoms with E-state index in [1.165, 1.54) is 10.6 Å². The van der Waals surface area contributed by atoms with Crippen LogP contribution in [-0.2, 0) is 28.8 Å². The molecule has 1 aliphatic heterocycles. The van der Waals surface area contributed by atoms with Gasteiger partial charge in [-0.25, -0.2) is 9.97 Å². The molecule has 0 saturated carbocycles. The van der Waals surface area contributed by atoms with Crippen LogP contribution in [0.1, 0.15) is 29.5 Å². The van der Waals surface area contributed by atoms with Gasteiger partial charge in [0.25, 0.3) is 0 Å². The maximum atomic E-state index is 11.5. The van der Waals surface area contributed by atoms with Crippen molar-refractivity contribution in [1.82, 2.24) is 14.9 Å². The molecule has 3 aromatic rings. The summed E-state index contributed by atoms with van der Waals surface area (Å²) in [6, 6.07) is 8.28. The van der Waals surface area contributed by atoms with Gasteiger partial charge in [0.15, 0.2) is 10.0 Å². The van der Waals surface area contributed by atoms with Crippen LogP contribution in [0.2, 0.25) is 0 Å². The van der Waals surface area contributed by atoms with Gasteiger partial charge in [-0.15, -0.1) is 22.7 Å². The average Bonchev–Trinajstić information content (AvgIpc) is 3.33. The summed E-state index contributed by atoms with van der Waals surface area (Å²) in [5.74, 6) is -0.144. The van der Waals surface area contributed by atoms with Crippen LogP contribution in [-0.4, -0.2) is 47.6 Å². The Kier molecular flexibility index (Phi) is 6.37. The monoisotopic (exact) mass is 427 g/mol. The quantitative estimate of drug-likeness (QED) is 0.544. The zero-order valence-electron chi connectivity index (χ0n) is 16.8. The highest BCUT2D eigenvalue weighted by atomic mass is 32.1. The lowest BCUT2D eigenvalue weighted by molar-refractivity contribution is -0.143. The van der Waals surface area contributed by atoms with E-state index in [1.807, 2.05) is 6.92 Å². The number of carbonyl (C=O) groups excluding carboxylic acids is 1. The molecule has 3 heterocycles. The summed E-state index contributed by atoms with van der Waals surface area (Å²) in [6.07, 6.45) is 3.21. The second-order valence-corrected chi connectivity index (χ2v) is 9.17. The van der Waals surface area contributed by atoms with Gasteiger partial charge in [0.2, 0.25) is 0 Å². The number of hydrogen-bond donors (Lipinski definition) is 0. The predicted molar refractivity (Wildman–Crippen MR) is 119 cm³/mol. The highest BCUT2D eigenvalue weighted by Gasteiger charge is 2.18. The number of aryl methyl sites for hydroxylation is 1. The van der Waals surface area contributed by atoms with Crippen molar-refractivity contribution >= 4 is 28.6 Å². The Hall–Kier alpha value is -2.09. The number of thiazole rings is 2. The number of esters is 1. The van der Waals surface area contributed by atoms with Crippen molar-refractivity contribution in [2.24, 2.45) is 0 Å². The average molecular weight is 428 g/mol. The van der Waals surface area contributed by atoms with Crippen molar-refractivity contribution in [3.8, 4) is 21.3 Å². The van der Waals surface area contributed by atoms with E-state index in [1.54, 1.807) is 22.7 Å². The van der Waals surface area contributed by atoms with Crippen LogP contribution in [0.15, 0.2) is 29.6 Å². The van der Waals surface area contributed by atoms with Crippen LogP contribution in [0.4, 0.5) is 0 Å². The molecule has 5 nitrogen and oxygen atoms in total. The zero-order valence-corrected chi connectivity index (χ0v) is 18.4. The third-order valence-corrected chi connectivity index (χ3v) is 7.23. The van der Waals surface area contributed by atoms with Crippen molar-refractivity contribution < 1.29 is 9.53 Å². The van der Waals surface area contributed by atoms with Gasteiger partial charge < -0.3 is 9.64 Å². The molecule has 0 spiro atoms. The first kappa shape index (κ1) is 20.2. The minimum Gasteiger partial charge on any atom is -0.466 e. The van der Waals surface area contributed by atoms with E-state index >= 15 is 0 Å². The van der Waals surface area contributed by atoms with E-state index in [2.05, 4.69) is 41.6 Å². The molecule has 2 aromatic heterocycles. The number of ether oxygens (including phenoxy) is 1. The van der Waals surface area contributed by atoms with Gasteiger partial charge in [0.1, 0.15) is 0 Å². The van der Waals surface area contributed by atoms with Crippen molar-refractivity contribution in [1.29, 1.82) is 0 Å². The first-order valence-corrected chi connectivity index (χ1v) is 11.7. The number of aromatic nitrogens is 2. The number of likely N-dealkylation sites (N-methyl/N-ethyl adjacent to an activating group) is 1. The molecule has 0 radical (unpaired) electrons. The van der Waals surface area contributed by atoms with E-state index in [-0.39, 0.29) is 5.97 Å². The van der Waals surface area contributed by atoms with Crippen LogP contribution in [0, 0.1) is 0 Å². The minimum atomic E-state index is -0.144. The summed E-state index contributed by atoms with van der Waals surface area (Å²) in [5, 5.41) is 4.14. The summed E-state index contributed by atoms with van der Waals surface area (Å²) in [6.45, 7) is 4.43. The van der Waals surface area contributed by atoms with E-state index in [9.17, 15) is 4.79 Å². The van der Waals surface area contributed by atoms with E-state index in [0.717, 1.165) is 52.8 Å². The minimum absolute atomic E-state index is 0.144. The third kappa shape index (κ3) is 4.91. The molecule has 0 amide bonds. The van der Waals surface area contributed by atoms with Crippen LogP contribution in [0.5, 0.6) is 0 Å². The molecular weight excluding hydrogens is 402 g/mol. The Morgan fingerprint density at radius 2 is 1.93 bits per heavy atom. The molecule has 0 unspecified atom stereocenters. The van der Waals surface area contributed by atoms with Crippen LogP contribution >= 0.6 is 22.7 Å². The number of hydrogen-bond acceptors (Lipinski definition) is 7. The topological polar surface area (TPSA) is 55.3 Å². The molecule has 152 valence electrons. The Balaban J connectivity index is 1.44. The van der Waals surface area contributed by atoms with E-state index in [0.29, 0.717) is 19.4 Å². The second kappa shape index (κ2) is 9.15. The molecular formula is C22H25N3O2S2. The van der Waals surface area contributed by atoms with Crippen molar-refractivity contribution in [2.75, 3.05) is 26.7 Å². The van der Waals surface area contributed by atoms with Gasteiger partial charge in [-0.1, -0.05) is 24.3 Å². The molecule has 0 N–H and O–H groups in total. The summed E-state index contributed by atoms with van der Waals surface area (Å²) in [7, 11) is 2.17. The fourth-order valence-electron chi connectivity index (χ4n) is 3.39. The van der Waals surface area contributed by atoms with Gasteiger partial charge in [0, 0.05) is 41.8 Å². The van der Waals surface area contributed by atoms with Gasteiger partial charge in [-0.2, -0.15) is 0 Å². The molecule has 7 heteroatoms. The van der Waals surface area contributed by atoms with Crippen molar-refractivity contribution in [3.05, 3.63) is 45.8 Å². The summed E-state index contributed by atoms with van der Waals surface area (Å²) in [5.41, 5.74) is 4.45. The Bertz CT molecular complexity index is 953. The zero-order chi connectivity index (χ0) is 20.2. The standard InChI is InChI=1S/C22H25N3O2S2/c1-3-27-20(26)9-6-15-4-7-16(8-5-15)18-14-28-21(24-18)22-23-17-10-12-25(2)13-11-19(17)29-22/h4-5,7-8,14H,3,6,9-13H2,1-2H3. The number of rotatable bonds is 6.